The van der Waals surface area contributed by atoms with Crippen molar-refractivity contribution in [3.63, 3.8) is 0 Å². The second kappa shape index (κ2) is 29.3. The first kappa shape index (κ1) is 51.5. The lowest BCUT2D eigenvalue weighted by atomic mass is 10.2. The molecule has 0 aromatic carbocycles. The average molecular weight is 639 g/mol. The molecular formula is C24H33B3F12O3. The van der Waals surface area contributed by atoms with Gasteiger partial charge in [-0.15, -0.1) is 0 Å². The molecule has 0 saturated carbocycles. The Hall–Kier alpha value is -3.20. The van der Waals surface area contributed by atoms with Gasteiger partial charge in [0.1, 0.15) is 0 Å². The van der Waals surface area contributed by atoms with E-state index in [1.165, 1.54) is 16.7 Å². The van der Waals surface area contributed by atoms with Crippen molar-refractivity contribution in [3.8, 4) is 0 Å². The second-order valence-corrected chi connectivity index (χ2v) is 7.81. The van der Waals surface area contributed by atoms with Gasteiger partial charge in [-0.3, -0.25) is 38.8 Å². The van der Waals surface area contributed by atoms with Crippen molar-refractivity contribution in [3.05, 3.63) is 87.7 Å². The lowest BCUT2D eigenvalue weighted by Crippen LogP contribution is -3.00. The quantitative estimate of drug-likeness (QED) is 0.160. The van der Waals surface area contributed by atoms with Crippen molar-refractivity contribution >= 4 is 22.6 Å². The molecule has 0 saturated heterocycles. The molecule has 0 aliphatic rings. The summed E-state index contributed by atoms with van der Waals surface area (Å²) in [6.07, 6.45) is 0. The van der Waals surface area contributed by atoms with E-state index in [0.717, 1.165) is 34.6 Å². The Labute approximate surface area is 239 Å². The van der Waals surface area contributed by atoms with Gasteiger partial charge >= 0.3 is 57.2 Å². The number of hydrogen-bond acceptors (Lipinski definition) is 0. The minimum Gasteiger partial charge on any atom is -1.00 e. The smallest absolute Gasteiger partial charge is 0.762 e. The van der Waals surface area contributed by atoms with Crippen molar-refractivity contribution in [1.29, 1.82) is 0 Å². The van der Waals surface area contributed by atoms with Crippen LogP contribution in [-0.2, 0) is 0 Å². The monoisotopic (exact) mass is 639 g/mol. The van der Waals surface area contributed by atoms with E-state index in [0.29, 0.717) is 0 Å². The summed E-state index contributed by atoms with van der Waals surface area (Å²) in [6.45, 7) is 17.9. The molecule has 0 N–H and O–H groups in total. The molecule has 3 rings (SSSR count). The van der Waals surface area contributed by atoms with Gasteiger partial charge in [-0.2, -0.15) is 0 Å². The normalized spacial score (nSPS) is 8.14. The standard InChI is InChI=1S/3C8H11O.3BF3.3FH/c3*1-6-4-7(2)9-8(3)5-6;3*2-1(3)4;;;/h3*4-5H,1-3H3;;;;3*1H/q3*+1;;;;;;/p-3/i1+1,2+1,3+1,4+1,6+1,7+1;1+1,4+1,6+1;;;;;;;. The molecule has 3 aromatic rings. The second-order valence-electron chi connectivity index (χ2n) is 7.81. The molecule has 0 radical (unpaired) electrons. The van der Waals surface area contributed by atoms with Crippen LogP contribution < -0.4 is 14.1 Å². The van der Waals surface area contributed by atoms with E-state index in [9.17, 15) is 38.8 Å². The fourth-order valence-electron chi connectivity index (χ4n) is 2.99. The Morgan fingerprint density at radius 1 is 0.333 bits per heavy atom. The Balaban J connectivity index is -0.0000000950. The van der Waals surface area contributed by atoms with Gasteiger partial charge in [-0.25, -0.2) is 13.3 Å². The van der Waals surface area contributed by atoms with E-state index in [2.05, 4.69) is 20.8 Å². The fraction of sp³-hybridized carbons (Fsp3) is 0.375. The van der Waals surface area contributed by atoms with E-state index in [-0.39, 0.29) is 14.1 Å². The molecule has 0 aliphatic heterocycles. The molecule has 0 spiro atoms. The van der Waals surface area contributed by atoms with Gasteiger partial charge in [0.2, 0.25) is 0 Å². The van der Waals surface area contributed by atoms with Crippen LogP contribution in [0.25, 0.3) is 0 Å². The highest BCUT2D eigenvalue weighted by molar-refractivity contribution is 6.33. The minimum absolute atomic E-state index is 0. The van der Waals surface area contributed by atoms with Gasteiger partial charge in [-0.1, -0.05) is 0 Å². The lowest BCUT2D eigenvalue weighted by Gasteiger charge is -1.84. The summed E-state index contributed by atoms with van der Waals surface area (Å²) in [5, 5.41) is 0. The summed E-state index contributed by atoms with van der Waals surface area (Å²) in [5.41, 5.74) is 3.78. The van der Waals surface area contributed by atoms with Crippen LogP contribution in [0.5, 0.6) is 0 Å². The number of aryl methyl sites for hydroxylation is 9. The van der Waals surface area contributed by atoms with Crippen molar-refractivity contribution in [2.75, 3.05) is 0 Å². The highest BCUT2D eigenvalue weighted by atomic mass is 19.4. The third-order valence-electron chi connectivity index (χ3n) is 3.55. The summed E-state index contributed by atoms with van der Waals surface area (Å²) in [7, 11) is -11.0. The third kappa shape index (κ3) is 43.8. The van der Waals surface area contributed by atoms with E-state index >= 15 is 0 Å². The van der Waals surface area contributed by atoms with Crippen LogP contribution in [0.1, 0.15) is 51.3 Å². The molecule has 3 heterocycles. The number of halogens is 12. The molecule has 0 unspecified atom stereocenters. The summed E-state index contributed by atoms with van der Waals surface area (Å²) in [6, 6.07) is 12.1. The molecule has 0 fully saturated rings. The van der Waals surface area contributed by atoms with Crippen molar-refractivity contribution in [2.45, 2.75) is 62.3 Å². The zero-order chi connectivity index (χ0) is 31.3. The highest BCUT2D eigenvalue weighted by Crippen LogP contribution is 2.07. The molecule has 3 aromatic heterocycles. The molecule has 3 nitrogen and oxygen atoms in total. The number of hydrogen-bond donors (Lipinski definition) is 0. The van der Waals surface area contributed by atoms with Crippen LogP contribution in [0.3, 0.4) is 0 Å². The molecular weight excluding hydrogens is 606 g/mol. The first-order valence-corrected chi connectivity index (χ1v) is 11.2. The van der Waals surface area contributed by atoms with Crippen molar-refractivity contribution in [1.82, 2.24) is 0 Å². The van der Waals surface area contributed by atoms with E-state index in [1.807, 2.05) is 77.9 Å². The van der Waals surface area contributed by atoms with E-state index in [1.54, 1.807) is 0 Å². The van der Waals surface area contributed by atoms with Gasteiger partial charge in [0.15, 0.2) is 0 Å². The van der Waals surface area contributed by atoms with Crippen LogP contribution in [0.4, 0.5) is 38.8 Å². The third-order valence-corrected chi connectivity index (χ3v) is 3.55. The van der Waals surface area contributed by atoms with Crippen LogP contribution >= 0.6 is 0 Å². The highest BCUT2D eigenvalue weighted by Gasteiger charge is 2.07. The predicted molar refractivity (Wildman–Crippen MR) is 139 cm³/mol. The Bertz CT molecular complexity index is 775. The van der Waals surface area contributed by atoms with Gasteiger partial charge in [-0.05, 0) is 37.5 Å². The predicted octanol–water partition coefficient (Wildman–Crippen LogP) is 1.11. The van der Waals surface area contributed by atoms with E-state index < -0.39 is 22.6 Å². The molecule has 0 bridgehead atoms. The summed E-state index contributed by atoms with van der Waals surface area (Å²) >= 11 is 0. The van der Waals surface area contributed by atoms with Gasteiger partial charge in [0.25, 0.3) is 0 Å². The fourth-order valence-corrected chi connectivity index (χ4v) is 2.99. The van der Waals surface area contributed by atoms with Gasteiger partial charge < -0.3 is 14.1 Å². The molecule has 240 valence electrons. The van der Waals surface area contributed by atoms with Crippen molar-refractivity contribution in [2.24, 2.45) is 0 Å². The maximum atomic E-state index is 9.67. The number of rotatable bonds is 0. The molecule has 0 aliphatic carbocycles. The first-order chi connectivity index (χ1) is 17.7. The van der Waals surface area contributed by atoms with Crippen LogP contribution in [-0.4, -0.2) is 22.6 Å². The van der Waals surface area contributed by atoms with Gasteiger partial charge in [0.05, 0.1) is 41.5 Å². The maximum Gasteiger partial charge on any atom is 0.762 e. The SMILES string of the molecule is Cc1c[13c]([13CH3])[13cH]c(C)[o+]1.Cc1cc(C)[o+]c(C)c1.FB(F)F.FB(F)F.FB(F)F.[13CH3]c1c[13c]([13CH3])[13cH][13c]([13CH3])[o+]1.[F-].[F-].[F-]. The van der Waals surface area contributed by atoms with Crippen LogP contribution in [0.2, 0.25) is 0 Å². The Morgan fingerprint density at radius 2 is 0.429 bits per heavy atom. The zero-order valence-electron chi connectivity index (χ0n) is 24.5. The summed E-state index contributed by atoms with van der Waals surface area (Å²) in [4.78, 5) is 0. The zero-order valence-corrected chi connectivity index (χ0v) is 24.5. The topological polar surface area (TPSA) is 33.9 Å². The van der Waals surface area contributed by atoms with Crippen LogP contribution in [0, 0.1) is 62.3 Å². The Kier molecular flexibility index (Phi) is 36.0. The van der Waals surface area contributed by atoms with Gasteiger partial charge in [0, 0.05) is 36.4 Å². The summed E-state index contributed by atoms with van der Waals surface area (Å²) in [5.74, 6) is 5.88. The minimum atomic E-state index is -3.67. The molecule has 0 amide bonds. The average Bonchev–Trinajstić information content (AvgIpc) is 2.64. The summed E-state index contributed by atoms with van der Waals surface area (Å²) < 4.78 is 103. The molecule has 42 heavy (non-hydrogen) atoms. The van der Waals surface area contributed by atoms with Crippen molar-refractivity contribution < 1.29 is 66.2 Å². The largest absolute Gasteiger partial charge is 1.00 e. The van der Waals surface area contributed by atoms with E-state index in [4.69, 9.17) is 13.3 Å². The first-order valence-electron chi connectivity index (χ1n) is 11.2. The van der Waals surface area contributed by atoms with Crippen LogP contribution in [0.15, 0.2) is 49.6 Å². The molecule has 0 atom stereocenters. The maximum absolute atomic E-state index is 9.67. The lowest BCUT2D eigenvalue weighted by molar-refractivity contribution is -0.001000. The Morgan fingerprint density at radius 3 is 0.500 bits per heavy atom. The molecule has 18 heteroatoms.